The Morgan fingerprint density at radius 3 is 2.38 bits per heavy atom. The number of urea groups is 1. The van der Waals surface area contributed by atoms with Crippen molar-refractivity contribution in [2.45, 2.75) is 40.0 Å². The number of hydrogen-bond acceptors (Lipinski definition) is 3. The van der Waals surface area contributed by atoms with Crippen LogP contribution in [-0.2, 0) is 10.2 Å². The van der Waals surface area contributed by atoms with E-state index in [1.807, 2.05) is 65.0 Å². The van der Waals surface area contributed by atoms with Crippen LogP contribution in [0.15, 0.2) is 48.5 Å². The number of nitrogens with one attached hydrogen (secondary N) is 2. The topological polar surface area (TPSA) is 79.3 Å². The predicted octanol–water partition coefficient (Wildman–Crippen LogP) is 6.28. The van der Waals surface area contributed by atoms with Crippen LogP contribution in [0, 0.1) is 6.92 Å². The average Bonchev–Trinajstić information content (AvgIpc) is 3.18. The quantitative estimate of drug-likeness (QED) is 0.417. The highest BCUT2D eigenvalue weighted by Gasteiger charge is 2.23. The third-order valence-electron chi connectivity index (χ3n) is 5.17. The summed E-state index contributed by atoms with van der Waals surface area (Å²) in [4.78, 5) is 27.1. The zero-order chi connectivity index (χ0) is 25.0. The van der Waals surface area contributed by atoms with Crippen LogP contribution in [-0.4, -0.2) is 39.7 Å². The summed E-state index contributed by atoms with van der Waals surface area (Å²) in [7, 11) is 0. The molecule has 0 aliphatic heterocycles. The van der Waals surface area contributed by atoms with Gasteiger partial charge in [-0.3, -0.25) is 4.79 Å². The maximum absolute atomic E-state index is 12.9. The molecule has 0 spiro atoms. The summed E-state index contributed by atoms with van der Waals surface area (Å²) in [6, 6.07) is 14.1. The van der Waals surface area contributed by atoms with Gasteiger partial charge < -0.3 is 15.5 Å². The summed E-state index contributed by atoms with van der Waals surface area (Å²) < 4.78 is 1.61. The number of anilines is 2. The van der Waals surface area contributed by atoms with Crippen molar-refractivity contribution in [2.24, 2.45) is 0 Å². The molecule has 7 nitrogen and oxygen atoms in total. The Balaban J connectivity index is 1.80. The highest BCUT2D eigenvalue weighted by atomic mass is 35.5. The van der Waals surface area contributed by atoms with E-state index in [1.54, 1.807) is 22.9 Å². The molecule has 0 aliphatic carbocycles. The number of likely N-dealkylation sites (N-methyl/N-ethyl adjacent to an activating group) is 1. The van der Waals surface area contributed by atoms with E-state index >= 15 is 0 Å². The van der Waals surface area contributed by atoms with Gasteiger partial charge >= 0.3 is 6.03 Å². The first-order chi connectivity index (χ1) is 16.0. The summed E-state index contributed by atoms with van der Waals surface area (Å²) in [5.41, 5.74) is 2.91. The van der Waals surface area contributed by atoms with Crippen LogP contribution in [0.5, 0.6) is 0 Å². The number of carbonyl (C=O) groups is 2. The van der Waals surface area contributed by atoms with Crippen molar-refractivity contribution in [1.82, 2.24) is 14.7 Å². The predicted molar refractivity (Wildman–Crippen MR) is 138 cm³/mol. The van der Waals surface area contributed by atoms with Crippen molar-refractivity contribution in [3.63, 3.8) is 0 Å². The van der Waals surface area contributed by atoms with E-state index in [4.69, 9.17) is 23.2 Å². The lowest BCUT2D eigenvalue weighted by Crippen LogP contribution is -2.40. The minimum atomic E-state index is -0.350. The van der Waals surface area contributed by atoms with Crippen LogP contribution in [0.3, 0.4) is 0 Å². The Bertz CT molecular complexity index is 1200. The summed E-state index contributed by atoms with van der Waals surface area (Å²) in [6.45, 7) is 10.1. The number of aryl methyl sites for hydroxylation is 1. The minimum Gasteiger partial charge on any atom is -0.315 e. The Hall–Kier alpha value is -3.03. The van der Waals surface area contributed by atoms with Crippen molar-refractivity contribution < 1.29 is 9.59 Å². The van der Waals surface area contributed by atoms with Gasteiger partial charge in [0.05, 0.1) is 21.4 Å². The summed E-state index contributed by atoms with van der Waals surface area (Å²) in [6.07, 6.45) is 0. The molecular formula is C25H29Cl2N5O2. The van der Waals surface area contributed by atoms with Crippen LogP contribution < -0.4 is 10.6 Å². The zero-order valence-corrected chi connectivity index (χ0v) is 21.5. The number of halogens is 2. The fourth-order valence-electron chi connectivity index (χ4n) is 3.26. The first kappa shape index (κ1) is 25.6. The second-order valence-electron chi connectivity index (χ2n) is 9.04. The molecule has 0 saturated carbocycles. The van der Waals surface area contributed by atoms with Crippen molar-refractivity contribution in [3.05, 3.63) is 69.8 Å². The molecule has 0 saturated heterocycles. The Kier molecular flexibility index (Phi) is 7.89. The molecule has 2 N–H and O–H groups in total. The number of benzene rings is 2. The van der Waals surface area contributed by atoms with E-state index in [-0.39, 0.29) is 23.9 Å². The van der Waals surface area contributed by atoms with E-state index in [9.17, 15) is 9.59 Å². The van der Waals surface area contributed by atoms with Gasteiger partial charge in [0.15, 0.2) is 0 Å². The van der Waals surface area contributed by atoms with Gasteiger partial charge in [-0.15, -0.1) is 0 Å². The first-order valence-electron chi connectivity index (χ1n) is 11.0. The number of rotatable bonds is 6. The molecule has 3 aromatic rings. The number of nitrogens with zero attached hydrogens (tertiary/aromatic N) is 3. The highest BCUT2D eigenvalue weighted by Crippen LogP contribution is 2.29. The van der Waals surface area contributed by atoms with Gasteiger partial charge in [0.1, 0.15) is 12.4 Å². The molecular weight excluding hydrogens is 473 g/mol. The molecule has 3 rings (SSSR count). The van der Waals surface area contributed by atoms with E-state index < -0.39 is 0 Å². The van der Waals surface area contributed by atoms with Crippen LogP contribution in [0.2, 0.25) is 10.0 Å². The fourth-order valence-corrected chi connectivity index (χ4v) is 3.55. The normalized spacial score (nSPS) is 11.3. The molecule has 2 aromatic carbocycles. The zero-order valence-electron chi connectivity index (χ0n) is 19.9. The average molecular weight is 502 g/mol. The van der Waals surface area contributed by atoms with Crippen molar-refractivity contribution in [3.8, 4) is 5.69 Å². The molecule has 0 unspecified atom stereocenters. The lowest BCUT2D eigenvalue weighted by molar-refractivity contribution is -0.116. The molecule has 0 atom stereocenters. The van der Waals surface area contributed by atoms with Gasteiger partial charge in [-0.1, -0.05) is 56.1 Å². The van der Waals surface area contributed by atoms with Gasteiger partial charge in [-0.05, 0) is 49.7 Å². The molecule has 0 aliphatic rings. The van der Waals surface area contributed by atoms with Gasteiger partial charge in [0.25, 0.3) is 0 Å². The van der Waals surface area contributed by atoms with Crippen LogP contribution in [0.25, 0.3) is 5.69 Å². The number of amides is 3. The van der Waals surface area contributed by atoms with Gasteiger partial charge in [0, 0.05) is 23.7 Å². The summed E-state index contributed by atoms with van der Waals surface area (Å²) >= 11 is 12.3. The third kappa shape index (κ3) is 6.30. The number of aromatic nitrogens is 2. The van der Waals surface area contributed by atoms with Crippen molar-refractivity contribution >= 4 is 46.6 Å². The lowest BCUT2D eigenvalue weighted by atomic mass is 9.92. The Labute approximate surface area is 210 Å². The molecule has 0 fully saturated rings. The lowest BCUT2D eigenvalue weighted by Gasteiger charge is -2.21. The van der Waals surface area contributed by atoms with Gasteiger partial charge in [-0.2, -0.15) is 5.10 Å². The van der Waals surface area contributed by atoms with Gasteiger partial charge in [-0.25, -0.2) is 9.48 Å². The molecule has 1 heterocycles. The monoisotopic (exact) mass is 501 g/mol. The fraction of sp³-hybridized carbons (Fsp3) is 0.320. The number of carbonyl (C=O) groups excluding carboxylic acids is 2. The number of hydrogen-bond donors (Lipinski definition) is 2. The molecule has 1 aromatic heterocycles. The Morgan fingerprint density at radius 2 is 1.76 bits per heavy atom. The van der Waals surface area contributed by atoms with Gasteiger partial charge in [0.2, 0.25) is 5.91 Å². The summed E-state index contributed by atoms with van der Waals surface area (Å²) in [5, 5.41) is 11.2. The van der Waals surface area contributed by atoms with E-state index in [0.29, 0.717) is 33.8 Å². The molecule has 3 amide bonds. The maximum atomic E-state index is 12.9. The smallest absolute Gasteiger partial charge is 0.315 e. The molecule has 0 bridgehead atoms. The van der Waals surface area contributed by atoms with Crippen LogP contribution >= 0.6 is 23.2 Å². The maximum Gasteiger partial charge on any atom is 0.322 e. The summed E-state index contributed by atoms with van der Waals surface area (Å²) in [5.74, 6) is 0.131. The van der Waals surface area contributed by atoms with E-state index in [1.165, 1.54) is 4.90 Å². The molecule has 9 heteroatoms. The van der Waals surface area contributed by atoms with Crippen molar-refractivity contribution in [1.29, 1.82) is 0 Å². The minimum absolute atomic E-state index is 0.119. The van der Waals surface area contributed by atoms with Crippen molar-refractivity contribution in [2.75, 3.05) is 23.7 Å². The van der Waals surface area contributed by atoms with Crippen LogP contribution in [0.4, 0.5) is 16.3 Å². The second kappa shape index (κ2) is 10.5. The van der Waals surface area contributed by atoms with E-state index in [2.05, 4.69) is 15.7 Å². The standard InChI is InChI=1S/C25H29Cl2N5O2/c1-6-31(24(34)28-17-9-7-8-16(2)12-17)15-23(33)29-22-14-21(25(3,4)5)30-32(22)18-10-11-19(26)20(27)13-18/h7-14H,6,15H2,1-5H3,(H,28,34)(H,29,33). The first-order valence-corrected chi connectivity index (χ1v) is 11.7. The highest BCUT2D eigenvalue weighted by molar-refractivity contribution is 6.42. The second-order valence-corrected chi connectivity index (χ2v) is 9.85. The molecule has 180 valence electrons. The van der Waals surface area contributed by atoms with E-state index in [0.717, 1.165) is 11.3 Å². The largest absolute Gasteiger partial charge is 0.322 e. The molecule has 0 radical (unpaired) electrons. The Morgan fingerprint density at radius 1 is 1.03 bits per heavy atom. The van der Waals surface area contributed by atoms with Crippen LogP contribution in [0.1, 0.15) is 39.0 Å². The SMILES string of the molecule is CCN(CC(=O)Nc1cc(C(C)(C)C)nn1-c1ccc(Cl)c(Cl)c1)C(=O)Nc1cccc(C)c1. The third-order valence-corrected chi connectivity index (χ3v) is 5.90. The molecule has 34 heavy (non-hydrogen) atoms.